The van der Waals surface area contributed by atoms with E-state index < -0.39 is 5.91 Å². The van der Waals surface area contributed by atoms with Crippen LogP contribution >= 0.6 is 11.3 Å². The van der Waals surface area contributed by atoms with E-state index in [-0.39, 0.29) is 17.5 Å². The summed E-state index contributed by atoms with van der Waals surface area (Å²) in [5, 5.41) is 3.05. The molecule has 1 saturated heterocycles. The summed E-state index contributed by atoms with van der Waals surface area (Å²) in [6.45, 7) is 8.62. The Balaban J connectivity index is 1.88. The van der Waals surface area contributed by atoms with Crippen molar-refractivity contribution in [3.8, 4) is 0 Å². The van der Waals surface area contributed by atoms with E-state index in [1.165, 1.54) is 0 Å². The number of nitrogens with two attached hydrogens (primary N) is 1. The van der Waals surface area contributed by atoms with Gasteiger partial charge in [-0.25, -0.2) is 0 Å². The second-order valence-electron chi connectivity index (χ2n) is 6.43. The number of hydrogen-bond donors (Lipinski definition) is 2. The lowest BCUT2D eigenvalue weighted by Crippen LogP contribution is -2.50. The lowest BCUT2D eigenvalue weighted by molar-refractivity contribution is 0.0815. The zero-order valence-electron chi connectivity index (χ0n) is 12.8. The maximum atomic E-state index is 12.2. The Morgan fingerprint density at radius 2 is 1.81 bits per heavy atom. The highest BCUT2D eigenvalue weighted by Gasteiger charge is 2.27. The van der Waals surface area contributed by atoms with Crippen LogP contribution in [0, 0.1) is 0 Å². The molecule has 0 atom stereocenters. The van der Waals surface area contributed by atoms with Crippen LogP contribution in [0.3, 0.4) is 0 Å². The van der Waals surface area contributed by atoms with Crippen LogP contribution in [-0.2, 0) is 0 Å². The summed E-state index contributed by atoms with van der Waals surface area (Å²) in [7, 11) is 0. The molecule has 5 nitrogen and oxygen atoms in total. The molecule has 116 valence electrons. The molecule has 1 fully saturated rings. The fourth-order valence-electron chi connectivity index (χ4n) is 2.54. The van der Waals surface area contributed by atoms with Gasteiger partial charge in [0.1, 0.15) is 0 Å². The molecule has 1 aliphatic heterocycles. The minimum absolute atomic E-state index is 0.110. The molecule has 3 N–H and O–H groups in total. The highest BCUT2D eigenvalue weighted by atomic mass is 32.1. The van der Waals surface area contributed by atoms with E-state index in [1.807, 2.05) is 0 Å². The van der Waals surface area contributed by atoms with Crippen LogP contribution in [0.1, 0.15) is 53.0 Å². The van der Waals surface area contributed by atoms with Crippen LogP contribution in [0.4, 0.5) is 0 Å². The first-order valence-corrected chi connectivity index (χ1v) is 8.04. The van der Waals surface area contributed by atoms with Gasteiger partial charge in [0.15, 0.2) is 0 Å². The SMILES string of the molecule is CC(C)(C)N1CCC(NC(=O)c2ccc(C(N)=O)s2)CC1. The van der Waals surface area contributed by atoms with Crippen LogP contribution in [0.5, 0.6) is 0 Å². The summed E-state index contributed by atoms with van der Waals surface area (Å²) in [5.41, 5.74) is 5.38. The third kappa shape index (κ3) is 4.04. The van der Waals surface area contributed by atoms with E-state index in [9.17, 15) is 9.59 Å². The summed E-state index contributed by atoms with van der Waals surface area (Å²) in [6.07, 6.45) is 1.91. The standard InChI is InChI=1S/C15H23N3O2S/c1-15(2,3)18-8-6-10(7-9-18)17-14(20)12-5-4-11(21-12)13(16)19/h4-5,10H,6-9H2,1-3H3,(H2,16,19)(H,17,20). The Kier molecular flexibility index (Phi) is 4.68. The Hall–Kier alpha value is -1.40. The Morgan fingerprint density at radius 1 is 1.24 bits per heavy atom. The summed E-state index contributed by atoms with van der Waals surface area (Å²) >= 11 is 1.15. The second-order valence-corrected chi connectivity index (χ2v) is 7.52. The molecule has 0 spiro atoms. The number of hydrogen-bond acceptors (Lipinski definition) is 4. The fraction of sp³-hybridized carbons (Fsp3) is 0.600. The van der Waals surface area contributed by atoms with E-state index >= 15 is 0 Å². The molecule has 1 aromatic heterocycles. The zero-order valence-corrected chi connectivity index (χ0v) is 13.6. The molecule has 0 aliphatic carbocycles. The quantitative estimate of drug-likeness (QED) is 0.894. The molecule has 1 aliphatic rings. The van der Waals surface area contributed by atoms with Crippen LogP contribution < -0.4 is 11.1 Å². The first-order chi connectivity index (χ1) is 9.77. The van der Waals surface area contributed by atoms with Crippen LogP contribution in [-0.4, -0.2) is 41.4 Å². The van der Waals surface area contributed by atoms with Crippen molar-refractivity contribution in [2.75, 3.05) is 13.1 Å². The Morgan fingerprint density at radius 3 is 2.29 bits per heavy atom. The molecule has 21 heavy (non-hydrogen) atoms. The van der Waals surface area contributed by atoms with Crippen molar-refractivity contribution in [1.82, 2.24) is 10.2 Å². The Bertz CT molecular complexity index is 525. The second kappa shape index (κ2) is 6.15. The van der Waals surface area contributed by atoms with Crippen LogP contribution in [0.15, 0.2) is 12.1 Å². The van der Waals surface area contributed by atoms with Gasteiger partial charge >= 0.3 is 0 Å². The highest BCUT2D eigenvalue weighted by Crippen LogP contribution is 2.21. The molecule has 0 saturated carbocycles. The van der Waals surface area contributed by atoms with Crippen molar-refractivity contribution < 1.29 is 9.59 Å². The molecule has 1 aromatic rings. The van der Waals surface area contributed by atoms with Gasteiger partial charge in [-0.1, -0.05) is 0 Å². The number of piperidine rings is 1. The maximum absolute atomic E-state index is 12.2. The number of carbonyl (C=O) groups excluding carboxylic acids is 2. The average molecular weight is 309 g/mol. The third-order valence-electron chi connectivity index (χ3n) is 3.85. The van der Waals surface area contributed by atoms with Crippen molar-refractivity contribution in [1.29, 1.82) is 0 Å². The van der Waals surface area contributed by atoms with Gasteiger partial charge in [-0.15, -0.1) is 11.3 Å². The van der Waals surface area contributed by atoms with E-state index in [1.54, 1.807) is 12.1 Å². The first kappa shape index (κ1) is 16.0. The lowest BCUT2D eigenvalue weighted by Gasteiger charge is -2.41. The molecule has 2 heterocycles. The number of rotatable bonds is 3. The number of nitrogens with zero attached hydrogens (tertiary/aromatic N) is 1. The average Bonchev–Trinajstić information content (AvgIpc) is 2.88. The minimum atomic E-state index is -0.488. The van der Waals surface area contributed by atoms with Gasteiger partial charge in [-0.05, 0) is 45.7 Å². The lowest BCUT2D eigenvalue weighted by atomic mass is 9.98. The van der Waals surface area contributed by atoms with E-state index in [4.69, 9.17) is 5.73 Å². The summed E-state index contributed by atoms with van der Waals surface area (Å²) in [4.78, 5) is 26.6. The van der Waals surface area contributed by atoms with Crippen molar-refractivity contribution in [2.24, 2.45) is 5.73 Å². The van der Waals surface area contributed by atoms with E-state index in [0.717, 1.165) is 37.3 Å². The first-order valence-electron chi connectivity index (χ1n) is 7.23. The zero-order chi connectivity index (χ0) is 15.6. The van der Waals surface area contributed by atoms with Crippen molar-refractivity contribution >= 4 is 23.2 Å². The molecular formula is C15H23N3O2S. The van der Waals surface area contributed by atoms with Gasteiger partial charge in [0, 0.05) is 24.7 Å². The minimum Gasteiger partial charge on any atom is -0.365 e. The maximum Gasteiger partial charge on any atom is 0.261 e. The topological polar surface area (TPSA) is 75.4 Å². The van der Waals surface area contributed by atoms with Gasteiger partial charge in [0.25, 0.3) is 11.8 Å². The number of amides is 2. The van der Waals surface area contributed by atoms with Gasteiger partial charge in [-0.2, -0.15) is 0 Å². The van der Waals surface area contributed by atoms with Gasteiger partial charge in [0.2, 0.25) is 0 Å². The monoisotopic (exact) mass is 309 g/mol. The van der Waals surface area contributed by atoms with Crippen molar-refractivity contribution in [3.05, 3.63) is 21.9 Å². The molecular weight excluding hydrogens is 286 g/mol. The van der Waals surface area contributed by atoms with Gasteiger partial charge < -0.3 is 11.1 Å². The molecule has 0 unspecified atom stereocenters. The fourth-order valence-corrected chi connectivity index (χ4v) is 3.30. The molecule has 0 bridgehead atoms. The number of likely N-dealkylation sites (tertiary alicyclic amines) is 1. The van der Waals surface area contributed by atoms with Crippen molar-refractivity contribution in [2.45, 2.75) is 45.2 Å². The molecule has 2 rings (SSSR count). The predicted octanol–water partition coefficient (Wildman–Crippen LogP) is 1.84. The third-order valence-corrected chi connectivity index (χ3v) is 4.95. The summed E-state index contributed by atoms with van der Waals surface area (Å²) < 4.78 is 0. The molecule has 6 heteroatoms. The smallest absolute Gasteiger partial charge is 0.261 e. The van der Waals surface area contributed by atoms with Gasteiger partial charge in [-0.3, -0.25) is 14.5 Å². The Labute approximate surface area is 129 Å². The summed E-state index contributed by atoms with van der Waals surface area (Å²) in [5.74, 6) is -0.598. The molecule has 0 aromatic carbocycles. The predicted molar refractivity (Wildman–Crippen MR) is 84.7 cm³/mol. The number of carbonyl (C=O) groups is 2. The van der Waals surface area contributed by atoms with E-state index in [0.29, 0.717) is 9.75 Å². The molecule has 0 radical (unpaired) electrons. The van der Waals surface area contributed by atoms with Crippen molar-refractivity contribution in [3.63, 3.8) is 0 Å². The largest absolute Gasteiger partial charge is 0.365 e. The highest BCUT2D eigenvalue weighted by molar-refractivity contribution is 7.15. The number of primary amides is 1. The number of nitrogens with one attached hydrogen (secondary N) is 1. The number of thiophene rings is 1. The van der Waals surface area contributed by atoms with E-state index in [2.05, 4.69) is 31.0 Å². The van der Waals surface area contributed by atoms with Crippen LogP contribution in [0.25, 0.3) is 0 Å². The van der Waals surface area contributed by atoms with Gasteiger partial charge in [0.05, 0.1) is 9.75 Å². The van der Waals surface area contributed by atoms with Crippen LogP contribution in [0.2, 0.25) is 0 Å². The normalized spacial score (nSPS) is 17.7. The molecule has 2 amide bonds. The summed E-state index contributed by atoms with van der Waals surface area (Å²) in [6, 6.07) is 3.46.